The monoisotopic (exact) mass is 403 g/mol. The number of hydrogen-bond donors (Lipinski definition) is 0. The van der Waals surface area contributed by atoms with Crippen molar-refractivity contribution < 1.29 is 19.2 Å². The van der Waals surface area contributed by atoms with E-state index in [1.165, 1.54) is 18.6 Å². The van der Waals surface area contributed by atoms with Crippen LogP contribution in [0.2, 0.25) is 0 Å². The molecule has 3 rings (SSSR count). The van der Waals surface area contributed by atoms with Crippen LogP contribution in [0.3, 0.4) is 0 Å². The average Bonchev–Trinajstić information content (AvgIpc) is 2.77. The summed E-state index contributed by atoms with van der Waals surface area (Å²) in [6, 6.07) is 4.59. The van der Waals surface area contributed by atoms with E-state index in [9.17, 15) is 19.7 Å². The van der Waals surface area contributed by atoms with Gasteiger partial charge in [-0.05, 0) is 44.2 Å². The number of amides is 1. The van der Waals surface area contributed by atoms with Gasteiger partial charge in [0.25, 0.3) is 11.6 Å². The van der Waals surface area contributed by atoms with E-state index in [-0.39, 0.29) is 29.8 Å². The van der Waals surface area contributed by atoms with Gasteiger partial charge in [-0.15, -0.1) is 0 Å². The number of hydrogen-bond acceptors (Lipinski definition) is 6. The molecule has 1 aromatic carbocycles. The summed E-state index contributed by atoms with van der Waals surface area (Å²) in [5.74, 6) is -0.964. The fraction of sp³-hybridized carbons (Fsp3) is 0.619. The van der Waals surface area contributed by atoms with E-state index >= 15 is 0 Å². The molecule has 2 aliphatic rings. The van der Waals surface area contributed by atoms with Crippen molar-refractivity contribution in [3.05, 3.63) is 33.9 Å². The predicted molar refractivity (Wildman–Crippen MR) is 109 cm³/mol. The van der Waals surface area contributed by atoms with E-state index in [0.29, 0.717) is 5.69 Å². The Morgan fingerprint density at radius 1 is 1.14 bits per heavy atom. The molecular weight excluding hydrogens is 374 g/mol. The Labute approximate surface area is 171 Å². The summed E-state index contributed by atoms with van der Waals surface area (Å²) in [6.45, 7) is 1.19. The molecule has 1 amide bonds. The third-order valence-electron chi connectivity index (χ3n) is 5.95. The molecule has 1 aliphatic carbocycles. The van der Waals surface area contributed by atoms with Gasteiger partial charge < -0.3 is 14.5 Å². The molecule has 1 saturated carbocycles. The first-order valence-electron chi connectivity index (χ1n) is 10.4. The molecular formula is C21H29N3O5. The topological polar surface area (TPSA) is 93.0 Å². The molecule has 29 heavy (non-hydrogen) atoms. The third kappa shape index (κ3) is 5.25. The number of carbonyl (C=O) groups excluding carboxylic acids is 2. The molecule has 1 aromatic rings. The number of esters is 1. The van der Waals surface area contributed by atoms with E-state index < -0.39 is 10.9 Å². The summed E-state index contributed by atoms with van der Waals surface area (Å²) in [7, 11) is 1.74. The van der Waals surface area contributed by atoms with Gasteiger partial charge in [-0.3, -0.25) is 14.9 Å². The smallest absolute Gasteiger partial charge is 0.338 e. The van der Waals surface area contributed by atoms with Crippen LogP contribution < -0.4 is 4.90 Å². The summed E-state index contributed by atoms with van der Waals surface area (Å²) >= 11 is 0. The molecule has 1 heterocycles. The number of rotatable bonds is 6. The van der Waals surface area contributed by atoms with Gasteiger partial charge in [-0.25, -0.2) is 4.79 Å². The first kappa shape index (κ1) is 21.1. The van der Waals surface area contributed by atoms with E-state index in [2.05, 4.69) is 0 Å². The standard InChI is InChI=1S/C21H29N3O5/c1-22(17-8-4-2-5-9-17)20(25)15-29-21(26)16-10-11-18(19(14-16)24(27)28)23-12-6-3-7-13-23/h10-11,14,17H,2-9,12-13,15H2,1H3. The van der Waals surface area contributed by atoms with Crippen LogP contribution in [0.5, 0.6) is 0 Å². The Morgan fingerprint density at radius 2 is 1.79 bits per heavy atom. The van der Waals surface area contributed by atoms with Gasteiger partial charge in [0, 0.05) is 32.2 Å². The van der Waals surface area contributed by atoms with Crippen molar-refractivity contribution in [2.45, 2.75) is 57.4 Å². The lowest BCUT2D eigenvalue weighted by Crippen LogP contribution is -2.40. The van der Waals surface area contributed by atoms with E-state index in [1.807, 2.05) is 4.90 Å². The van der Waals surface area contributed by atoms with Crippen molar-refractivity contribution in [1.82, 2.24) is 4.90 Å². The highest BCUT2D eigenvalue weighted by molar-refractivity contribution is 5.93. The van der Waals surface area contributed by atoms with Crippen LogP contribution in [-0.4, -0.2) is 54.5 Å². The van der Waals surface area contributed by atoms with Gasteiger partial charge in [-0.2, -0.15) is 0 Å². The van der Waals surface area contributed by atoms with Crippen molar-refractivity contribution in [3.63, 3.8) is 0 Å². The van der Waals surface area contributed by atoms with Gasteiger partial charge in [0.05, 0.1) is 10.5 Å². The van der Waals surface area contributed by atoms with Crippen molar-refractivity contribution in [1.29, 1.82) is 0 Å². The lowest BCUT2D eigenvalue weighted by atomic mass is 9.94. The molecule has 0 atom stereocenters. The number of carbonyl (C=O) groups is 2. The van der Waals surface area contributed by atoms with Crippen molar-refractivity contribution in [2.75, 3.05) is 31.6 Å². The van der Waals surface area contributed by atoms with Gasteiger partial charge >= 0.3 is 5.97 Å². The fourth-order valence-electron chi connectivity index (χ4n) is 4.18. The van der Waals surface area contributed by atoms with Crippen LogP contribution in [0, 0.1) is 10.1 Å². The number of anilines is 1. The summed E-state index contributed by atoms with van der Waals surface area (Å²) in [4.78, 5) is 39.4. The first-order valence-corrected chi connectivity index (χ1v) is 10.4. The zero-order chi connectivity index (χ0) is 20.8. The summed E-state index contributed by atoms with van der Waals surface area (Å²) in [5.41, 5.74) is 0.511. The quantitative estimate of drug-likeness (QED) is 0.410. The van der Waals surface area contributed by atoms with E-state index in [1.54, 1.807) is 18.0 Å². The minimum absolute atomic E-state index is 0.0885. The highest BCUT2D eigenvalue weighted by Crippen LogP contribution is 2.31. The molecule has 2 fully saturated rings. The Hall–Kier alpha value is -2.64. The van der Waals surface area contributed by atoms with Gasteiger partial charge in [0.15, 0.2) is 6.61 Å². The number of nitro benzene ring substituents is 1. The highest BCUT2D eigenvalue weighted by atomic mass is 16.6. The van der Waals surface area contributed by atoms with Crippen molar-refractivity contribution in [3.8, 4) is 0 Å². The van der Waals surface area contributed by atoms with Crippen molar-refractivity contribution >= 4 is 23.3 Å². The predicted octanol–water partition coefficient (Wildman–Crippen LogP) is 3.53. The number of piperidine rings is 1. The van der Waals surface area contributed by atoms with Gasteiger partial charge in [0.1, 0.15) is 5.69 Å². The Bertz CT molecular complexity index is 755. The third-order valence-corrected chi connectivity index (χ3v) is 5.95. The van der Waals surface area contributed by atoms with Crippen LogP contribution in [0.25, 0.3) is 0 Å². The highest BCUT2D eigenvalue weighted by Gasteiger charge is 2.25. The molecule has 8 heteroatoms. The van der Waals surface area contributed by atoms with Crippen LogP contribution in [-0.2, 0) is 9.53 Å². The Kier molecular flexibility index (Phi) is 7.06. The largest absolute Gasteiger partial charge is 0.452 e. The molecule has 0 bridgehead atoms. The maximum Gasteiger partial charge on any atom is 0.338 e. The van der Waals surface area contributed by atoms with Crippen LogP contribution in [0.4, 0.5) is 11.4 Å². The molecule has 0 radical (unpaired) electrons. The second-order valence-corrected chi connectivity index (χ2v) is 7.88. The second-order valence-electron chi connectivity index (χ2n) is 7.88. The molecule has 0 aromatic heterocycles. The molecule has 8 nitrogen and oxygen atoms in total. The first-order chi connectivity index (χ1) is 14.0. The van der Waals surface area contributed by atoms with Crippen LogP contribution in [0.1, 0.15) is 61.7 Å². The maximum atomic E-state index is 12.4. The second kappa shape index (κ2) is 9.71. The van der Waals surface area contributed by atoms with Crippen LogP contribution in [0.15, 0.2) is 18.2 Å². The minimum Gasteiger partial charge on any atom is -0.452 e. The molecule has 0 N–H and O–H groups in total. The zero-order valence-corrected chi connectivity index (χ0v) is 17.0. The Morgan fingerprint density at radius 3 is 2.45 bits per heavy atom. The fourth-order valence-corrected chi connectivity index (χ4v) is 4.18. The maximum absolute atomic E-state index is 12.4. The number of benzene rings is 1. The summed E-state index contributed by atoms with van der Waals surface area (Å²) in [6.07, 6.45) is 8.47. The SMILES string of the molecule is CN(C(=O)COC(=O)c1ccc(N2CCCCC2)c([N+](=O)[O-])c1)C1CCCCC1. The normalized spacial score (nSPS) is 17.6. The minimum atomic E-state index is -0.719. The van der Waals surface area contributed by atoms with Crippen LogP contribution >= 0.6 is 0 Å². The van der Waals surface area contributed by atoms with E-state index in [0.717, 1.165) is 58.0 Å². The molecule has 1 aliphatic heterocycles. The van der Waals surface area contributed by atoms with Gasteiger partial charge in [0.2, 0.25) is 0 Å². The molecule has 0 spiro atoms. The van der Waals surface area contributed by atoms with E-state index in [4.69, 9.17) is 4.74 Å². The summed E-state index contributed by atoms with van der Waals surface area (Å²) < 4.78 is 5.16. The average molecular weight is 403 g/mol. The molecule has 158 valence electrons. The number of likely N-dealkylation sites (N-methyl/N-ethyl adjacent to an activating group) is 1. The number of nitro groups is 1. The molecule has 0 unspecified atom stereocenters. The van der Waals surface area contributed by atoms with Crippen molar-refractivity contribution in [2.24, 2.45) is 0 Å². The molecule has 1 saturated heterocycles. The number of ether oxygens (including phenoxy) is 1. The number of nitrogens with zero attached hydrogens (tertiary/aromatic N) is 3. The Balaban J connectivity index is 1.63. The van der Waals surface area contributed by atoms with Gasteiger partial charge in [-0.1, -0.05) is 19.3 Å². The lowest BCUT2D eigenvalue weighted by Gasteiger charge is -2.31. The summed E-state index contributed by atoms with van der Waals surface area (Å²) in [5, 5.41) is 11.5. The lowest BCUT2D eigenvalue weighted by molar-refractivity contribution is -0.384. The zero-order valence-electron chi connectivity index (χ0n) is 17.0.